The zero-order valence-electron chi connectivity index (χ0n) is 25.3. The van der Waals surface area contributed by atoms with Crippen LogP contribution in [0.25, 0.3) is 0 Å². The van der Waals surface area contributed by atoms with Gasteiger partial charge in [-0.25, -0.2) is 23.2 Å². The molecule has 2 heterocycles. The van der Waals surface area contributed by atoms with Gasteiger partial charge in [0.25, 0.3) is 0 Å². The van der Waals surface area contributed by atoms with Gasteiger partial charge < -0.3 is 19.8 Å². The van der Waals surface area contributed by atoms with Crippen LogP contribution >= 0.6 is 27.5 Å². The predicted octanol–water partition coefficient (Wildman–Crippen LogP) is 6.22. The number of aliphatic hydroxyl groups excluding tert-OH is 1. The van der Waals surface area contributed by atoms with Crippen molar-refractivity contribution in [3.05, 3.63) is 87.1 Å². The maximum Gasteiger partial charge on any atom is 0.335 e. The van der Waals surface area contributed by atoms with Crippen LogP contribution in [-0.4, -0.2) is 66.1 Å². The number of benzene rings is 2. The van der Waals surface area contributed by atoms with Crippen LogP contribution in [0.3, 0.4) is 0 Å². The molecule has 1 saturated carbocycles. The van der Waals surface area contributed by atoms with Crippen molar-refractivity contribution < 1.29 is 28.2 Å². The Balaban J connectivity index is 1.18. The second-order valence-corrected chi connectivity index (χ2v) is 16.1. The van der Waals surface area contributed by atoms with Gasteiger partial charge in [0.15, 0.2) is 0 Å². The number of aromatic nitrogens is 2. The molecule has 12 heteroatoms. The van der Waals surface area contributed by atoms with Crippen LogP contribution in [0, 0.1) is 11.8 Å². The standard InChI is InChI=1S/C34H37BrClN3O6S/c35-25(5-2-15-46(43,44)33-37-13-3-14-38-33)18-30(40)27-9-6-24(27)19-39-20-34(12-1-4-22-16-26(36)8-10-28(22)34)21-45-31-11-7-23(32(41)42)17-29(31)39/h3,7-8,10-11,13-14,16-18,24,27,30,40H,1-2,4-6,9,12,15,19-21H2,(H,41,42)/b25-18-/t24-,27-,30?,34?/m1/s1. The molecule has 3 aliphatic rings. The van der Waals surface area contributed by atoms with Crippen LogP contribution in [0.4, 0.5) is 5.69 Å². The Morgan fingerprint density at radius 1 is 1.20 bits per heavy atom. The van der Waals surface area contributed by atoms with E-state index in [0.29, 0.717) is 43.3 Å². The van der Waals surface area contributed by atoms with Crippen LogP contribution in [0.15, 0.2) is 70.6 Å². The number of sulfone groups is 1. The lowest BCUT2D eigenvalue weighted by Crippen LogP contribution is -2.49. The minimum Gasteiger partial charge on any atom is -0.490 e. The predicted molar refractivity (Wildman–Crippen MR) is 180 cm³/mol. The molecule has 1 aromatic heterocycles. The number of ether oxygens (including phenoxy) is 1. The number of aliphatic hydroxyl groups is 1. The third-order valence-corrected chi connectivity index (χ3v) is 12.1. The Morgan fingerprint density at radius 2 is 2.00 bits per heavy atom. The lowest BCUT2D eigenvalue weighted by molar-refractivity contribution is 0.0455. The molecule has 0 radical (unpaired) electrons. The van der Waals surface area contributed by atoms with E-state index >= 15 is 0 Å². The molecular formula is C34H37BrClN3O6S. The Morgan fingerprint density at radius 3 is 2.74 bits per heavy atom. The number of aryl methyl sites for hydroxylation is 1. The molecule has 4 atom stereocenters. The molecule has 9 nitrogen and oxygen atoms in total. The molecule has 2 unspecified atom stereocenters. The van der Waals surface area contributed by atoms with Gasteiger partial charge in [0, 0.05) is 35.9 Å². The van der Waals surface area contributed by atoms with Crippen molar-refractivity contribution in [2.75, 3.05) is 30.3 Å². The average molecular weight is 731 g/mol. The second kappa shape index (κ2) is 13.6. The Kier molecular flexibility index (Phi) is 9.75. The molecule has 3 aromatic rings. The molecule has 6 rings (SSSR count). The smallest absolute Gasteiger partial charge is 0.335 e. The van der Waals surface area contributed by atoms with Gasteiger partial charge in [-0.3, -0.25) is 0 Å². The van der Waals surface area contributed by atoms with Crippen molar-refractivity contribution in [1.82, 2.24) is 9.97 Å². The second-order valence-electron chi connectivity index (χ2n) is 12.7. The largest absolute Gasteiger partial charge is 0.490 e. The van der Waals surface area contributed by atoms with Crippen molar-refractivity contribution in [2.45, 2.75) is 61.6 Å². The number of anilines is 1. The number of hydrogen-bond donors (Lipinski definition) is 2. The number of rotatable bonds is 10. The highest BCUT2D eigenvalue weighted by Crippen LogP contribution is 2.46. The molecule has 2 aliphatic carbocycles. The van der Waals surface area contributed by atoms with E-state index in [9.17, 15) is 23.4 Å². The van der Waals surface area contributed by atoms with E-state index in [0.717, 1.165) is 42.3 Å². The normalized spacial score (nSPS) is 23.5. The maximum atomic E-state index is 12.5. The fourth-order valence-corrected chi connectivity index (χ4v) is 9.06. The molecule has 0 amide bonds. The summed E-state index contributed by atoms with van der Waals surface area (Å²) in [7, 11) is -3.58. The first-order valence-electron chi connectivity index (χ1n) is 15.6. The summed E-state index contributed by atoms with van der Waals surface area (Å²) in [5.74, 6) is -0.230. The van der Waals surface area contributed by atoms with Gasteiger partial charge in [0.05, 0.1) is 29.7 Å². The third-order valence-electron chi connectivity index (χ3n) is 9.65. The van der Waals surface area contributed by atoms with E-state index in [2.05, 4.69) is 42.9 Å². The van der Waals surface area contributed by atoms with E-state index < -0.39 is 21.9 Å². The Bertz CT molecular complexity index is 1740. The third kappa shape index (κ3) is 6.98. The summed E-state index contributed by atoms with van der Waals surface area (Å²) in [6.45, 7) is 1.79. The van der Waals surface area contributed by atoms with Gasteiger partial charge in [-0.1, -0.05) is 33.6 Å². The number of carbonyl (C=O) groups is 1. The maximum absolute atomic E-state index is 12.5. The van der Waals surface area contributed by atoms with Gasteiger partial charge in [0.2, 0.25) is 15.0 Å². The number of nitrogens with zero attached hydrogens (tertiary/aromatic N) is 3. The highest BCUT2D eigenvalue weighted by molar-refractivity contribution is 9.11. The van der Waals surface area contributed by atoms with Gasteiger partial charge in [0.1, 0.15) is 5.75 Å². The highest BCUT2D eigenvalue weighted by atomic mass is 79.9. The van der Waals surface area contributed by atoms with Gasteiger partial charge in [-0.05, 0) is 115 Å². The van der Waals surface area contributed by atoms with E-state index in [1.54, 1.807) is 30.3 Å². The lowest BCUT2D eigenvalue weighted by atomic mass is 9.68. The van der Waals surface area contributed by atoms with E-state index in [1.807, 2.05) is 6.07 Å². The SMILES string of the molecule is O=C(O)c1ccc2c(c1)N(C[C@H]1CC[C@H]1C(O)/C=C(\Br)CCCS(=O)(=O)c1ncccn1)CC1(CCCc3cc(Cl)ccc31)CO2. The Hall–Kier alpha value is -2.99. The number of carboxylic acid groups (broad SMARTS) is 1. The number of fused-ring (bicyclic) bond motifs is 3. The fourth-order valence-electron chi connectivity index (χ4n) is 7.16. The number of halogens is 2. The van der Waals surface area contributed by atoms with Gasteiger partial charge in [-0.2, -0.15) is 0 Å². The highest BCUT2D eigenvalue weighted by Gasteiger charge is 2.44. The molecule has 244 valence electrons. The summed E-state index contributed by atoms with van der Waals surface area (Å²) in [4.78, 5) is 21.9. The first kappa shape index (κ1) is 32.9. The molecule has 1 fully saturated rings. The number of hydrogen-bond acceptors (Lipinski definition) is 8. The topological polar surface area (TPSA) is 130 Å². The minimum absolute atomic E-state index is 0.0117. The summed E-state index contributed by atoms with van der Waals surface area (Å²) >= 11 is 9.92. The number of carboxylic acids is 1. The quantitative estimate of drug-likeness (QED) is 0.234. The van der Waals surface area contributed by atoms with Crippen LogP contribution in [0.1, 0.15) is 60.0 Å². The van der Waals surface area contributed by atoms with Crippen LogP contribution < -0.4 is 9.64 Å². The zero-order valence-corrected chi connectivity index (χ0v) is 28.5. The van der Waals surface area contributed by atoms with Crippen molar-refractivity contribution in [2.24, 2.45) is 11.8 Å². The van der Waals surface area contributed by atoms with Gasteiger partial charge >= 0.3 is 5.97 Å². The summed E-state index contributed by atoms with van der Waals surface area (Å²) in [5, 5.41) is 21.6. The summed E-state index contributed by atoms with van der Waals surface area (Å²) in [6.07, 6.45) is 9.42. The fraction of sp³-hybridized carbons (Fsp3) is 0.441. The summed E-state index contributed by atoms with van der Waals surface area (Å²) in [5.41, 5.74) is 3.15. The number of aromatic carboxylic acids is 1. The molecule has 1 spiro atoms. The van der Waals surface area contributed by atoms with Crippen LogP contribution in [0.5, 0.6) is 5.75 Å². The lowest BCUT2D eigenvalue weighted by Gasteiger charge is -2.45. The number of allylic oxidation sites excluding steroid dienone is 1. The minimum atomic E-state index is -3.58. The summed E-state index contributed by atoms with van der Waals surface area (Å²) in [6, 6.07) is 12.7. The average Bonchev–Trinajstić information content (AvgIpc) is 3.16. The van der Waals surface area contributed by atoms with Crippen molar-refractivity contribution in [3.8, 4) is 5.75 Å². The first-order valence-corrected chi connectivity index (χ1v) is 18.4. The monoisotopic (exact) mass is 729 g/mol. The molecular weight excluding hydrogens is 694 g/mol. The van der Waals surface area contributed by atoms with Crippen LogP contribution in [-0.2, 0) is 21.7 Å². The van der Waals surface area contributed by atoms with E-state index in [1.165, 1.54) is 23.5 Å². The van der Waals surface area contributed by atoms with Crippen molar-refractivity contribution >= 4 is 49.0 Å². The molecule has 2 N–H and O–H groups in total. The molecule has 0 saturated heterocycles. The molecule has 46 heavy (non-hydrogen) atoms. The molecule has 1 aliphatic heterocycles. The first-order chi connectivity index (χ1) is 22.0. The van der Waals surface area contributed by atoms with Gasteiger partial charge in [-0.15, -0.1) is 0 Å². The van der Waals surface area contributed by atoms with Crippen molar-refractivity contribution in [1.29, 1.82) is 0 Å². The Labute approximate surface area is 282 Å². The summed E-state index contributed by atoms with van der Waals surface area (Å²) < 4.78 is 32.3. The molecule has 2 aromatic carbocycles. The van der Waals surface area contributed by atoms with E-state index in [4.69, 9.17) is 16.3 Å². The van der Waals surface area contributed by atoms with Crippen LogP contribution in [0.2, 0.25) is 5.02 Å². The molecule has 0 bridgehead atoms. The van der Waals surface area contributed by atoms with E-state index in [-0.39, 0.29) is 33.7 Å². The van der Waals surface area contributed by atoms with Crippen molar-refractivity contribution in [3.63, 3.8) is 0 Å². The zero-order chi connectivity index (χ0) is 32.5.